The minimum Gasteiger partial charge on any atom is -0.429 e. The smallest absolute Gasteiger partial charge is 0.429 e. The largest absolute Gasteiger partial charge is 0.509 e. The van der Waals surface area contributed by atoms with Crippen LogP contribution in [-0.4, -0.2) is 23.4 Å². The van der Waals surface area contributed by atoms with Crippen molar-refractivity contribution in [3.05, 3.63) is 0 Å². The van der Waals surface area contributed by atoms with Gasteiger partial charge in [0.25, 0.3) is 0 Å². The van der Waals surface area contributed by atoms with E-state index in [2.05, 4.69) is 0 Å². The van der Waals surface area contributed by atoms with Crippen molar-refractivity contribution in [2.24, 2.45) is 0 Å². The molecule has 0 aromatic rings. The summed E-state index contributed by atoms with van der Waals surface area (Å²) in [4.78, 5) is 19.4. The first kappa shape index (κ1) is 16.1. The Morgan fingerprint density at radius 1 is 1.00 bits per heavy atom. The van der Waals surface area contributed by atoms with Gasteiger partial charge in [-0.2, -0.15) is 0 Å². The third kappa shape index (κ3) is 19.2. The van der Waals surface area contributed by atoms with Crippen LogP contribution in [0.3, 0.4) is 0 Å². The molecule has 0 atom stereocenters. The van der Waals surface area contributed by atoms with Gasteiger partial charge >= 0.3 is 6.16 Å². The molecule has 0 spiro atoms. The molecule has 15 heavy (non-hydrogen) atoms. The lowest BCUT2D eigenvalue weighted by molar-refractivity contribution is -0.0468. The minimum atomic E-state index is -0.616. The van der Waals surface area contributed by atoms with Crippen molar-refractivity contribution in [2.75, 3.05) is 0 Å². The van der Waals surface area contributed by atoms with Gasteiger partial charge in [0, 0.05) is 0 Å². The van der Waals surface area contributed by atoms with Crippen LogP contribution in [0.5, 0.6) is 0 Å². The fraction of sp³-hybridized carbons (Fsp3) is 0.800. The highest BCUT2D eigenvalue weighted by molar-refractivity contribution is 5.61. The highest BCUT2D eigenvalue weighted by Gasteiger charge is 2.22. The van der Waals surface area contributed by atoms with E-state index in [1.165, 1.54) is 0 Å². The Hall–Kier alpha value is -1.35. The monoisotopic (exact) mass is 217 g/mol. The number of ether oxygens (including phenoxy) is 2. The normalized spacial score (nSPS) is 10.5. The highest BCUT2D eigenvalue weighted by Crippen LogP contribution is 2.13. The van der Waals surface area contributed by atoms with Gasteiger partial charge in [0.2, 0.25) is 6.08 Å². The fourth-order valence-corrected chi connectivity index (χ4v) is 0.521. The van der Waals surface area contributed by atoms with Crippen LogP contribution in [0.4, 0.5) is 4.79 Å². The maximum atomic E-state index is 11.0. The van der Waals surface area contributed by atoms with Gasteiger partial charge in [0.05, 0.1) is 0 Å². The summed E-state index contributed by atoms with van der Waals surface area (Å²) in [6, 6.07) is 0. The van der Waals surface area contributed by atoms with Gasteiger partial charge in [0.15, 0.2) is 0 Å². The fourth-order valence-electron chi connectivity index (χ4n) is 0.521. The van der Waals surface area contributed by atoms with E-state index < -0.39 is 17.4 Å². The van der Waals surface area contributed by atoms with E-state index in [1.807, 2.05) is 0 Å². The van der Waals surface area contributed by atoms with Crippen molar-refractivity contribution in [2.45, 2.75) is 52.7 Å². The molecule has 0 heterocycles. The van der Waals surface area contributed by atoms with Gasteiger partial charge in [-0.25, -0.2) is 15.0 Å². The summed E-state index contributed by atoms with van der Waals surface area (Å²) < 4.78 is 9.91. The predicted octanol–water partition coefficient (Wildman–Crippen LogP) is 2.64. The number of isocyanates is 1. The number of carbonyl (C=O) groups excluding carboxylic acids is 2. The Bertz CT molecular complexity index is 211. The number of hydrogen-bond acceptors (Lipinski definition) is 5. The Labute approximate surface area is 90.3 Å². The number of nitrogens with one attached hydrogen (secondary N) is 1. The lowest BCUT2D eigenvalue weighted by atomic mass is 10.2. The Morgan fingerprint density at radius 3 is 1.33 bits per heavy atom. The minimum absolute atomic E-state index is 0.484. The molecule has 0 aromatic carbocycles. The molecule has 0 saturated carbocycles. The van der Waals surface area contributed by atoms with Crippen LogP contribution >= 0.6 is 0 Å². The standard InChI is InChI=1S/C9H18O3.CHNO/c1-8(2,3)11-7(10)12-9(4,5)6;2-1-3/h1-6H3;2H. The summed E-state index contributed by atoms with van der Waals surface area (Å²) in [6.07, 6.45) is 0.134. The Balaban J connectivity index is 0. The Morgan fingerprint density at radius 2 is 1.20 bits per heavy atom. The van der Waals surface area contributed by atoms with Crippen LogP contribution in [0.2, 0.25) is 0 Å². The van der Waals surface area contributed by atoms with Crippen LogP contribution in [0.15, 0.2) is 0 Å². The van der Waals surface area contributed by atoms with Crippen LogP contribution < -0.4 is 0 Å². The molecule has 0 aliphatic rings. The molecule has 0 rings (SSSR count). The maximum Gasteiger partial charge on any atom is 0.509 e. The van der Waals surface area contributed by atoms with Gasteiger partial charge in [0.1, 0.15) is 11.2 Å². The molecular formula is C10H19NO4. The molecule has 5 nitrogen and oxygen atoms in total. The zero-order valence-electron chi connectivity index (χ0n) is 10.1. The summed E-state index contributed by atoms with van der Waals surface area (Å²) in [5.74, 6) is 0. The van der Waals surface area contributed by atoms with Gasteiger partial charge in [-0.15, -0.1) is 0 Å². The first-order valence-electron chi connectivity index (χ1n) is 4.47. The molecule has 0 radical (unpaired) electrons. The maximum absolute atomic E-state index is 11.0. The molecule has 0 bridgehead atoms. The third-order valence-electron chi connectivity index (χ3n) is 0.779. The van der Waals surface area contributed by atoms with E-state index in [-0.39, 0.29) is 0 Å². The summed E-state index contributed by atoms with van der Waals surface area (Å²) in [5.41, 5.74) is -0.968. The molecule has 0 aliphatic carbocycles. The van der Waals surface area contributed by atoms with Crippen LogP contribution in [0, 0.1) is 5.41 Å². The van der Waals surface area contributed by atoms with Crippen molar-refractivity contribution < 1.29 is 19.1 Å². The summed E-state index contributed by atoms with van der Waals surface area (Å²) >= 11 is 0. The zero-order chi connectivity index (χ0) is 12.7. The van der Waals surface area contributed by atoms with Crippen molar-refractivity contribution >= 4 is 12.2 Å². The molecule has 5 heteroatoms. The van der Waals surface area contributed by atoms with Gasteiger partial charge in [-0.1, -0.05) is 0 Å². The second kappa shape index (κ2) is 6.19. The first-order chi connectivity index (χ1) is 6.52. The van der Waals surface area contributed by atoms with Crippen molar-refractivity contribution in [3.63, 3.8) is 0 Å². The topological polar surface area (TPSA) is 76.5 Å². The average Bonchev–Trinajstić information content (AvgIpc) is 1.77. The number of carbonyl (C=O) groups is 1. The van der Waals surface area contributed by atoms with Crippen molar-refractivity contribution in [1.29, 1.82) is 5.41 Å². The third-order valence-corrected chi connectivity index (χ3v) is 0.779. The highest BCUT2D eigenvalue weighted by atomic mass is 16.7. The quantitative estimate of drug-likeness (QED) is 0.384. The van der Waals surface area contributed by atoms with Crippen molar-refractivity contribution in [1.82, 2.24) is 0 Å². The lowest BCUT2D eigenvalue weighted by Crippen LogP contribution is -2.30. The summed E-state index contributed by atoms with van der Waals surface area (Å²) in [6.45, 7) is 10.8. The average molecular weight is 217 g/mol. The van der Waals surface area contributed by atoms with Gasteiger partial charge in [-0.05, 0) is 41.5 Å². The van der Waals surface area contributed by atoms with E-state index >= 15 is 0 Å². The van der Waals surface area contributed by atoms with Crippen LogP contribution in [0.25, 0.3) is 0 Å². The van der Waals surface area contributed by atoms with Crippen LogP contribution in [0.1, 0.15) is 41.5 Å². The van der Waals surface area contributed by atoms with E-state index in [0.29, 0.717) is 0 Å². The molecular weight excluding hydrogens is 198 g/mol. The van der Waals surface area contributed by atoms with E-state index in [4.69, 9.17) is 19.7 Å². The van der Waals surface area contributed by atoms with Crippen LogP contribution in [-0.2, 0) is 14.3 Å². The van der Waals surface area contributed by atoms with E-state index in [0.717, 1.165) is 6.08 Å². The molecule has 0 saturated heterocycles. The number of hydrogen-bond donors (Lipinski definition) is 1. The van der Waals surface area contributed by atoms with Gasteiger partial charge in [-0.3, -0.25) is 0 Å². The van der Waals surface area contributed by atoms with Gasteiger partial charge < -0.3 is 9.47 Å². The lowest BCUT2D eigenvalue weighted by Gasteiger charge is -2.24. The molecule has 0 unspecified atom stereocenters. The molecule has 0 fully saturated rings. The van der Waals surface area contributed by atoms with E-state index in [9.17, 15) is 4.79 Å². The zero-order valence-corrected chi connectivity index (χ0v) is 10.1. The first-order valence-corrected chi connectivity index (χ1v) is 4.47. The molecule has 1 N–H and O–H groups in total. The van der Waals surface area contributed by atoms with E-state index in [1.54, 1.807) is 41.5 Å². The predicted molar refractivity (Wildman–Crippen MR) is 55.5 cm³/mol. The number of rotatable bonds is 0. The second-order valence-electron chi connectivity index (χ2n) is 4.78. The summed E-state index contributed by atoms with van der Waals surface area (Å²) in [5, 5.41) is 5.40. The molecule has 88 valence electrons. The molecule has 0 aromatic heterocycles. The summed E-state index contributed by atoms with van der Waals surface area (Å²) in [7, 11) is 0. The SMILES string of the molecule is CC(C)(C)OC(=O)OC(C)(C)C.N=C=O. The molecule has 0 amide bonds. The van der Waals surface area contributed by atoms with Crippen molar-refractivity contribution in [3.8, 4) is 0 Å². The molecule has 0 aliphatic heterocycles. The Kier molecular flexibility index (Phi) is 6.64. The second-order valence-corrected chi connectivity index (χ2v) is 4.78.